The van der Waals surface area contributed by atoms with Gasteiger partial charge in [0.1, 0.15) is 0 Å². The van der Waals surface area contributed by atoms with Crippen LogP contribution in [0.3, 0.4) is 0 Å². The van der Waals surface area contributed by atoms with Gasteiger partial charge in [-0.15, -0.1) is 11.3 Å². The second-order valence-corrected chi connectivity index (χ2v) is 5.27. The lowest BCUT2D eigenvalue weighted by Gasteiger charge is -1.98. The van der Waals surface area contributed by atoms with Crippen LogP contribution >= 0.6 is 11.3 Å². The number of carbonyl (C=O) groups is 1. The highest BCUT2D eigenvalue weighted by atomic mass is 32.1. The van der Waals surface area contributed by atoms with Crippen LogP contribution in [-0.4, -0.2) is 20.7 Å². The van der Waals surface area contributed by atoms with Crippen LogP contribution < -0.4 is 5.32 Å². The van der Waals surface area contributed by atoms with Crippen molar-refractivity contribution in [1.29, 1.82) is 0 Å². The maximum atomic E-state index is 12.1. The Morgan fingerprint density at radius 2 is 2.10 bits per heavy atom. The fourth-order valence-corrected chi connectivity index (χ4v) is 2.61. The predicted molar refractivity (Wildman–Crippen MR) is 83.4 cm³/mol. The van der Waals surface area contributed by atoms with Gasteiger partial charge in [-0.2, -0.15) is 5.10 Å². The molecule has 3 aromatic rings. The number of anilines is 1. The fraction of sp³-hybridized carbons (Fsp3) is 0.133. The van der Waals surface area contributed by atoms with Crippen molar-refractivity contribution in [2.45, 2.75) is 13.5 Å². The molecule has 0 saturated heterocycles. The molecule has 0 unspecified atom stereocenters. The van der Waals surface area contributed by atoms with Gasteiger partial charge in [0, 0.05) is 23.7 Å². The smallest absolute Gasteiger partial charge is 0.277 e. The van der Waals surface area contributed by atoms with Crippen LogP contribution in [0.4, 0.5) is 5.13 Å². The van der Waals surface area contributed by atoms with Crippen LogP contribution in [0.25, 0.3) is 11.3 Å². The van der Waals surface area contributed by atoms with Crippen molar-refractivity contribution < 1.29 is 4.79 Å². The third-order valence-corrected chi connectivity index (χ3v) is 3.75. The van der Waals surface area contributed by atoms with Crippen molar-refractivity contribution >= 4 is 22.4 Å². The van der Waals surface area contributed by atoms with E-state index in [2.05, 4.69) is 15.4 Å². The largest absolute Gasteiger partial charge is 0.296 e. The molecule has 0 fully saturated rings. The lowest BCUT2D eigenvalue weighted by molar-refractivity contribution is 0.102. The molecule has 0 aliphatic rings. The summed E-state index contributed by atoms with van der Waals surface area (Å²) in [5.41, 5.74) is 2.29. The number of nitrogens with one attached hydrogen (secondary N) is 1. The van der Waals surface area contributed by atoms with Gasteiger partial charge in [0.2, 0.25) is 0 Å². The normalized spacial score (nSPS) is 10.5. The third-order valence-electron chi connectivity index (χ3n) is 2.99. The quantitative estimate of drug-likeness (QED) is 0.804. The highest BCUT2D eigenvalue weighted by molar-refractivity contribution is 7.14. The van der Waals surface area contributed by atoms with Crippen LogP contribution in [0.15, 0.2) is 48.0 Å². The first kappa shape index (κ1) is 13.5. The molecule has 106 valence electrons. The molecule has 0 radical (unpaired) electrons. The summed E-state index contributed by atoms with van der Waals surface area (Å²) in [6, 6.07) is 11.6. The minimum Gasteiger partial charge on any atom is -0.296 e. The van der Waals surface area contributed by atoms with E-state index in [0.717, 1.165) is 17.8 Å². The minimum atomic E-state index is -0.240. The number of nitrogens with zero attached hydrogens (tertiary/aromatic N) is 3. The van der Waals surface area contributed by atoms with E-state index in [1.165, 1.54) is 11.3 Å². The van der Waals surface area contributed by atoms with Crippen molar-refractivity contribution in [3.63, 3.8) is 0 Å². The molecule has 2 aromatic heterocycles. The number of hydrogen-bond donors (Lipinski definition) is 1. The number of benzene rings is 1. The van der Waals surface area contributed by atoms with E-state index in [1.54, 1.807) is 16.9 Å². The first-order valence-corrected chi connectivity index (χ1v) is 7.50. The number of aryl methyl sites for hydroxylation is 1. The Balaban J connectivity index is 1.74. The van der Waals surface area contributed by atoms with Gasteiger partial charge in [-0.25, -0.2) is 4.98 Å². The number of aromatic nitrogens is 3. The highest BCUT2D eigenvalue weighted by Crippen LogP contribution is 2.24. The van der Waals surface area contributed by atoms with E-state index in [0.29, 0.717) is 10.8 Å². The van der Waals surface area contributed by atoms with Gasteiger partial charge in [-0.1, -0.05) is 30.3 Å². The highest BCUT2D eigenvalue weighted by Gasteiger charge is 2.12. The van der Waals surface area contributed by atoms with Gasteiger partial charge in [-0.05, 0) is 13.0 Å². The molecule has 1 aromatic carbocycles. The van der Waals surface area contributed by atoms with Crippen LogP contribution in [-0.2, 0) is 6.54 Å². The molecule has 0 aliphatic heterocycles. The maximum Gasteiger partial charge on any atom is 0.277 e. The fourth-order valence-electron chi connectivity index (χ4n) is 1.89. The first-order chi connectivity index (χ1) is 10.3. The van der Waals surface area contributed by atoms with Crippen molar-refractivity contribution in [2.75, 3.05) is 5.32 Å². The van der Waals surface area contributed by atoms with Crippen LogP contribution in [0.5, 0.6) is 0 Å². The Hall–Kier alpha value is -2.47. The molecule has 5 nitrogen and oxygen atoms in total. The van der Waals surface area contributed by atoms with Crippen LogP contribution in [0.2, 0.25) is 0 Å². The zero-order valence-electron chi connectivity index (χ0n) is 11.5. The lowest BCUT2D eigenvalue weighted by Crippen LogP contribution is -2.13. The molecule has 1 amide bonds. The van der Waals surface area contributed by atoms with E-state index >= 15 is 0 Å². The molecule has 0 aliphatic carbocycles. The van der Waals surface area contributed by atoms with E-state index in [9.17, 15) is 4.79 Å². The number of carbonyl (C=O) groups excluding carboxylic acids is 1. The summed E-state index contributed by atoms with van der Waals surface area (Å²) in [6.07, 6.45) is 1.78. The van der Waals surface area contributed by atoms with Gasteiger partial charge in [0.05, 0.1) is 5.69 Å². The third kappa shape index (κ3) is 3.00. The molecule has 1 N–H and O–H groups in total. The van der Waals surface area contributed by atoms with Gasteiger partial charge >= 0.3 is 0 Å². The number of thiazole rings is 1. The summed E-state index contributed by atoms with van der Waals surface area (Å²) < 4.78 is 1.71. The topological polar surface area (TPSA) is 59.8 Å². The maximum absolute atomic E-state index is 12.1. The average molecular weight is 298 g/mol. The van der Waals surface area contributed by atoms with E-state index in [1.807, 2.05) is 42.6 Å². The Labute approximate surface area is 126 Å². The second kappa shape index (κ2) is 5.88. The minimum absolute atomic E-state index is 0.240. The van der Waals surface area contributed by atoms with Crippen LogP contribution in [0.1, 0.15) is 17.4 Å². The van der Waals surface area contributed by atoms with Gasteiger partial charge < -0.3 is 0 Å². The zero-order valence-corrected chi connectivity index (χ0v) is 12.3. The molecule has 0 saturated carbocycles. The molecule has 0 spiro atoms. The lowest BCUT2D eigenvalue weighted by atomic mass is 10.2. The standard InChI is InChI=1S/C15H14N4OS/c1-2-19-9-8-12(18-19)14(20)17-15-16-13(10-21-15)11-6-4-3-5-7-11/h3-10H,2H2,1H3,(H,16,17,20). The molecular weight excluding hydrogens is 284 g/mol. The van der Waals surface area contributed by atoms with Crippen molar-refractivity contribution in [3.8, 4) is 11.3 Å². The zero-order chi connectivity index (χ0) is 14.7. The summed E-state index contributed by atoms with van der Waals surface area (Å²) in [6.45, 7) is 2.71. The van der Waals surface area contributed by atoms with Crippen molar-refractivity contribution in [3.05, 3.63) is 53.7 Å². The monoisotopic (exact) mass is 298 g/mol. The van der Waals surface area contributed by atoms with E-state index in [4.69, 9.17) is 0 Å². The second-order valence-electron chi connectivity index (χ2n) is 4.41. The molecule has 0 atom stereocenters. The number of hydrogen-bond acceptors (Lipinski definition) is 4. The Bertz CT molecular complexity index is 748. The molecule has 6 heteroatoms. The van der Waals surface area contributed by atoms with Gasteiger partial charge in [0.15, 0.2) is 10.8 Å². The molecular formula is C15H14N4OS. The Kier molecular flexibility index (Phi) is 3.79. The first-order valence-electron chi connectivity index (χ1n) is 6.62. The number of amides is 1. The van der Waals surface area contributed by atoms with Gasteiger partial charge in [0.25, 0.3) is 5.91 Å². The predicted octanol–water partition coefficient (Wildman–Crippen LogP) is 3.28. The summed E-state index contributed by atoms with van der Waals surface area (Å²) >= 11 is 1.40. The summed E-state index contributed by atoms with van der Waals surface area (Å²) in [5, 5.41) is 9.45. The van der Waals surface area contributed by atoms with Crippen molar-refractivity contribution in [2.24, 2.45) is 0 Å². The summed E-state index contributed by atoms with van der Waals surface area (Å²) in [7, 11) is 0. The Morgan fingerprint density at radius 1 is 1.29 bits per heavy atom. The Morgan fingerprint density at radius 3 is 2.81 bits per heavy atom. The van der Waals surface area contributed by atoms with E-state index in [-0.39, 0.29) is 5.91 Å². The average Bonchev–Trinajstić information content (AvgIpc) is 3.17. The molecule has 3 rings (SSSR count). The summed E-state index contributed by atoms with van der Waals surface area (Å²) in [5.74, 6) is -0.240. The van der Waals surface area contributed by atoms with Crippen molar-refractivity contribution in [1.82, 2.24) is 14.8 Å². The van der Waals surface area contributed by atoms with Crippen LogP contribution in [0, 0.1) is 0 Å². The molecule has 21 heavy (non-hydrogen) atoms. The number of rotatable bonds is 4. The SMILES string of the molecule is CCn1ccc(C(=O)Nc2nc(-c3ccccc3)cs2)n1. The summed E-state index contributed by atoms with van der Waals surface area (Å²) in [4.78, 5) is 16.5. The van der Waals surface area contributed by atoms with Gasteiger partial charge in [-0.3, -0.25) is 14.8 Å². The molecule has 0 bridgehead atoms. The van der Waals surface area contributed by atoms with E-state index < -0.39 is 0 Å². The molecule has 2 heterocycles.